The van der Waals surface area contributed by atoms with E-state index in [9.17, 15) is 9.90 Å². The van der Waals surface area contributed by atoms with Crippen LogP contribution in [0.15, 0.2) is 18.2 Å². The third-order valence-electron chi connectivity index (χ3n) is 4.64. The van der Waals surface area contributed by atoms with E-state index in [0.717, 1.165) is 41.9 Å². The maximum atomic E-state index is 12.4. The summed E-state index contributed by atoms with van der Waals surface area (Å²) >= 11 is 0. The Morgan fingerprint density at radius 2 is 1.92 bits per heavy atom. The highest BCUT2D eigenvalue weighted by Crippen LogP contribution is 2.36. The predicted octanol–water partition coefficient (Wildman–Crippen LogP) is 2.08. The minimum absolute atomic E-state index is 0.0155. The first-order valence-electron chi connectivity index (χ1n) is 8.43. The van der Waals surface area contributed by atoms with Gasteiger partial charge in [-0.25, -0.2) is 0 Å². The molecule has 0 unspecified atom stereocenters. The summed E-state index contributed by atoms with van der Waals surface area (Å²) in [6.07, 6.45) is 1.72. The molecule has 0 saturated heterocycles. The van der Waals surface area contributed by atoms with Crippen LogP contribution in [0.1, 0.15) is 58.8 Å². The summed E-state index contributed by atoms with van der Waals surface area (Å²) in [6.45, 7) is 6.66. The Labute approximate surface area is 141 Å². The van der Waals surface area contributed by atoms with Gasteiger partial charge in [-0.1, -0.05) is 17.2 Å². The van der Waals surface area contributed by atoms with Gasteiger partial charge in [0.25, 0.3) is 5.91 Å². The molecule has 128 valence electrons. The highest BCUT2D eigenvalue weighted by Gasteiger charge is 2.35. The molecule has 6 heteroatoms. The summed E-state index contributed by atoms with van der Waals surface area (Å²) in [6, 6.07) is 6.06. The summed E-state index contributed by atoms with van der Waals surface area (Å²) in [7, 11) is 0. The molecule has 1 aliphatic rings. The van der Waals surface area contributed by atoms with E-state index in [1.165, 1.54) is 0 Å². The van der Waals surface area contributed by atoms with Gasteiger partial charge in [-0.05, 0) is 45.7 Å². The Hall–Kier alpha value is -2.21. The van der Waals surface area contributed by atoms with Crippen molar-refractivity contribution in [3.05, 3.63) is 46.5 Å². The molecule has 0 spiro atoms. The van der Waals surface area contributed by atoms with Gasteiger partial charge in [-0.15, -0.1) is 10.2 Å². The van der Waals surface area contributed by atoms with Gasteiger partial charge in [0.15, 0.2) is 5.82 Å². The lowest BCUT2D eigenvalue weighted by Gasteiger charge is -2.35. The highest BCUT2D eigenvalue weighted by atomic mass is 16.3. The van der Waals surface area contributed by atoms with E-state index in [1.54, 1.807) is 0 Å². The van der Waals surface area contributed by atoms with Gasteiger partial charge >= 0.3 is 0 Å². The number of aromatic nitrogens is 3. The molecular weight excluding hydrogens is 304 g/mol. The second kappa shape index (κ2) is 6.73. The van der Waals surface area contributed by atoms with Crippen LogP contribution in [0.4, 0.5) is 0 Å². The third kappa shape index (κ3) is 3.19. The first-order chi connectivity index (χ1) is 11.5. The van der Waals surface area contributed by atoms with Crippen LogP contribution < -0.4 is 5.32 Å². The molecule has 1 fully saturated rings. The van der Waals surface area contributed by atoms with Crippen molar-refractivity contribution >= 4 is 5.91 Å². The van der Waals surface area contributed by atoms with Crippen molar-refractivity contribution in [1.82, 2.24) is 20.1 Å². The topological polar surface area (TPSA) is 80.0 Å². The minimum Gasteiger partial charge on any atom is -0.388 e. The molecule has 0 bridgehead atoms. The maximum Gasteiger partial charge on any atom is 0.251 e. The second-order valence-corrected chi connectivity index (χ2v) is 6.59. The lowest BCUT2D eigenvalue weighted by molar-refractivity contribution is 0.0906. The lowest BCUT2D eigenvalue weighted by Crippen LogP contribution is -2.44. The molecule has 3 rings (SSSR count). The molecule has 1 saturated carbocycles. The molecule has 6 nitrogen and oxygen atoms in total. The largest absolute Gasteiger partial charge is 0.388 e. The van der Waals surface area contributed by atoms with Crippen LogP contribution in [0, 0.1) is 13.8 Å². The molecule has 24 heavy (non-hydrogen) atoms. The number of nitrogens with one attached hydrogen (secondary N) is 1. The summed E-state index contributed by atoms with van der Waals surface area (Å²) in [5.41, 5.74) is 2.91. The standard InChI is InChI=1S/C18H24N4O2/c1-4-22-16(10-23)20-21-17(22)13-8-15(9-13)19-18(24)14-6-11(2)5-12(3)7-14/h5-7,13,15,23H,4,8-10H2,1-3H3,(H,19,24). The molecule has 1 aliphatic carbocycles. The van der Waals surface area contributed by atoms with Gasteiger partial charge in [0.05, 0.1) is 0 Å². The van der Waals surface area contributed by atoms with Crippen LogP contribution in [0.25, 0.3) is 0 Å². The monoisotopic (exact) mass is 328 g/mol. The van der Waals surface area contributed by atoms with E-state index in [0.29, 0.717) is 11.7 Å². The van der Waals surface area contributed by atoms with Crippen molar-refractivity contribution in [2.45, 2.75) is 58.7 Å². The zero-order valence-corrected chi connectivity index (χ0v) is 14.4. The molecule has 1 heterocycles. The molecular formula is C18H24N4O2. The molecule has 1 amide bonds. The van der Waals surface area contributed by atoms with Crippen LogP contribution in [-0.2, 0) is 13.2 Å². The zero-order valence-electron chi connectivity index (χ0n) is 14.4. The number of aliphatic hydroxyl groups excluding tert-OH is 1. The van der Waals surface area contributed by atoms with Gasteiger partial charge < -0.3 is 15.0 Å². The molecule has 0 aliphatic heterocycles. The fraction of sp³-hybridized carbons (Fsp3) is 0.500. The predicted molar refractivity (Wildman–Crippen MR) is 90.8 cm³/mol. The van der Waals surface area contributed by atoms with Crippen LogP contribution in [-0.4, -0.2) is 31.8 Å². The average Bonchev–Trinajstić information content (AvgIpc) is 2.91. The zero-order chi connectivity index (χ0) is 17.3. The Morgan fingerprint density at radius 1 is 1.25 bits per heavy atom. The number of rotatable bonds is 5. The fourth-order valence-electron chi connectivity index (χ4n) is 3.43. The summed E-state index contributed by atoms with van der Waals surface area (Å²) in [5, 5.41) is 20.6. The fourth-order valence-corrected chi connectivity index (χ4v) is 3.43. The summed E-state index contributed by atoms with van der Waals surface area (Å²) in [4.78, 5) is 12.4. The van der Waals surface area contributed by atoms with Crippen molar-refractivity contribution < 1.29 is 9.90 Å². The molecule has 2 N–H and O–H groups in total. The number of aryl methyl sites for hydroxylation is 2. The van der Waals surface area contributed by atoms with Gasteiger partial charge in [0.2, 0.25) is 0 Å². The normalized spacial score (nSPS) is 19.8. The van der Waals surface area contributed by atoms with E-state index in [-0.39, 0.29) is 18.6 Å². The van der Waals surface area contributed by atoms with Crippen molar-refractivity contribution in [3.8, 4) is 0 Å². The third-order valence-corrected chi connectivity index (χ3v) is 4.64. The molecule has 1 aromatic carbocycles. The Balaban J connectivity index is 1.61. The smallest absolute Gasteiger partial charge is 0.251 e. The van der Waals surface area contributed by atoms with E-state index in [1.807, 2.05) is 37.5 Å². The van der Waals surface area contributed by atoms with E-state index >= 15 is 0 Å². The molecule has 2 aromatic rings. The summed E-state index contributed by atoms with van der Waals surface area (Å²) in [5.74, 6) is 1.80. The average molecular weight is 328 g/mol. The number of carbonyl (C=O) groups is 1. The van der Waals surface area contributed by atoms with Crippen molar-refractivity contribution in [3.63, 3.8) is 0 Å². The quantitative estimate of drug-likeness (QED) is 0.881. The summed E-state index contributed by atoms with van der Waals surface area (Å²) < 4.78 is 1.96. The number of benzene rings is 1. The Bertz CT molecular complexity index is 727. The first kappa shape index (κ1) is 16.6. The van der Waals surface area contributed by atoms with Crippen LogP contribution in [0.5, 0.6) is 0 Å². The SMILES string of the molecule is CCn1c(CO)nnc1C1CC(NC(=O)c2cc(C)cc(C)c2)C1. The Kier molecular flexibility index (Phi) is 4.66. The lowest BCUT2D eigenvalue weighted by atomic mass is 9.79. The highest BCUT2D eigenvalue weighted by molar-refractivity contribution is 5.94. The number of amides is 1. The van der Waals surface area contributed by atoms with Crippen molar-refractivity contribution in [2.24, 2.45) is 0 Å². The van der Waals surface area contributed by atoms with Crippen LogP contribution >= 0.6 is 0 Å². The van der Waals surface area contributed by atoms with Crippen molar-refractivity contribution in [2.75, 3.05) is 0 Å². The number of nitrogens with zero attached hydrogens (tertiary/aromatic N) is 3. The Morgan fingerprint density at radius 3 is 2.50 bits per heavy atom. The van der Waals surface area contributed by atoms with Gasteiger partial charge in [-0.2, -0.15) is 0 Å². The second-order valence-electron chi connectivity index (χ2n) is 6.59. The molecule has 1 aromatic heterocycles. The van der Waals surface area contributed by atoms with E-state index < -0.39 is 0 Å². The van der Waals surface area contributed by atoms with Crippen LogP contribution in [0.2, 0.25) is 0 Å². The number of aliphatic hydroxyl groups is 1. The van der Waals surface area contributed by atoms with Gasteiger partial charge in [0, 0.05) is 24.1 Å². The number of carbonyl (C=O) groups excluding carboxylic acids is 1. The maximum absolute atomic E-state index is 12.4. The number of hydrogen-bond acceptors (Lipinski definition) is 4. The van der Waals surface area contributed by atoms with Crippen LogP contribution in [0.3, 0.4) is 0 Å². The number of hydrogen-bond donors (Lipinski definition) is 2. The van der Waals surface area contributed by atoms with Gasteiger partial charge in [-0.3, -0.25) is 4.79 Å². The van der Waals surface area contributed by atoms with Crippen molar-refractivity contribution in [1.29, 1.82) is 0 Å². The first-order valence-corrected chi connectivity index (χ1v) is 8.43. The molecule has 0 atom stereocenters. The minimum atomic E-state index is -0.0968. The van der Waals surface area contributed by atoms with E-state index in [4.69, 9.17) is 0 Å². The molecule has 0 radical (unpaired) electrons. The van der Waals surface area contributed by atoms with E-state index in [2.05, 4.69) is 21.6 Å². The van der Waals surface area contributed by atoms with Gasteiger partial charge in [0.1, 0.15) is 12.4 Å².